The van der Waals surface area contributed by atoms with Crippen LogP contribution in [0.25, 0.3) is 0 Å². The van der Waals surface area contributed by atoms with E-state index in [4.69, 9.17) is 21.1 Å². The monoisotopic (exact) mass is 305 g/mol. The standard InChI is InChI=1S/C17H20ClNO2/c1-12(14-4-6-15(18)7-5-14)19-11-13-8-16(20-2)10-17(9-13)21-3/h4-10,12,19H,11H2,1-3H3. The zero-order valence-corrected chi connectivity index (χ0v) is 13.3. The molecule has 0 aliphatic carbocycles. The van der Waals surface area contributed by atoms with E-state index in [0.717, 1.165) is 28.6 Å². The highest BCUT2D eigenvalue weighted by atomic mass is 35.5. The van der Waals surface area contributed by atoms with E-state index in [9.17, 15) is 0 Å². The summed E-state index contributed by atoms with van der Waals surface area (Å²) in [6, 6.07) is 14.0. The molecule has 0 aliphatic heterocycles. The highest BCUT2D eigenvalue weighted by Gasteiger charge is 2.06. The Labute approximate surface area is 130 Å². The highest BCUT2D eigenvalue weighted by Crippen LogP contribution is 2.23. The van der Waals surface area contributed by atoms with Gasteiger partial charge in [0, 0.05) is 23.7 Å². The van der Waals surface area contributed by atoms with Gasteiger partial charge in [0.05, 0.1) is 14.2 Å². The first-order valence-corrected chi connectivity index (χ1v) is 7.21. The minimum atomic E-state index is 0.236. The third-order valence-electron chi connectivity index (χ3n) is 3.39. The molecule has 0 saturated heterocycles. The van der Waals surface area contributed by atoms with Crippen molar-refractivity contribution in [1.29, 1.82) is 0 Å². The van der Waals surface area contributed by atoms with Crippen molar-refractivity contribution in [3.63, 3.8) is 0 Å². The van der Waals surface area contributed by atoms with E-state index in [1.165, 1.54) is 5.56 Å². The minimum absolute atomic E-state index is 0.236. The van der Waals surface area contributed by atoms with Gasteiger partial charge in [-0.3, -0.25) is 0 Å². The molecule has 0 heterocycles. The predicted molar refractivity (Wildman–Crippen MR) is 86.3 cm³/mol. The van der Waals surface area contributed by atoms with Crippen LogP contribution >= 0.6 is 11.6 Å². The molecule has 0 aliphatic rings. The molecule has 0 fully saturated rings. The first kappa shape index (κ1) is 15.7. The molecule has 0 spiro atoms. The van der Waals surface area contributed by atoms with Gasteiger partial charge in [-0.05, 0) is 42.3 Å². The highest BCUT2D eigenvalue weighted by molar-refractivity contribution is 6.30. The summed E-state index contributed by atoms with van der Waals surface area (Å²) >= 11 is 5.91. The molecule has 1 N–H and O–H groups in total. The Morgan fingerprint density at radius 2 is 1.57 bits per heavy atom. The van der Waals surface area contributed by atoms with E-state index in [1.807, 2.05) is 42.5 Å². The average Bonchev–Trinajstić information content (AvgIpc) is 2.52. The summed E-state index contributed by atoms with van der Waals surface area (Å²) < 4.78 is 10.6. The van der Waals surface area contributed by atoms with Gasteiger partial charge in [-0.1, -0.05) is 23.7 Å². The van der Waals surface area contributed by atoms with E-state index >= 15 is 0 Å². The maximum absolute atomic E-state index is 5.91. The van der Waals surface area contributed by atoms with Crippen LogP contribution in [0.2, 0.25) is 5.02 Å². The van der Waals surface area contributed by atoms with Crippen LogP contribution < -0.4 is 14.8 Å². The van der Waals surface area contributed by atoms with E-state index in [2.05, 4.69) is 12.2 Å². The number of hydrogen-bond donors (Lipinski definition) is 1. The SMILES string of the molecule is COc1cc(CNC(C)c2ccc(Cl)cc2)cc(OC)c1. The number of nitrogens with one attached hydrogen (secondary N) is 1. The van der Waals surface area contributed by atoms with Gasteiger partial charge in [-0.2, -0.15) is 0 Å². The lowest BCUT2D eigenvalue weighted by Gasteiger charge is -2.15. The molecule has 2 aromatic carbocycles. The number of benzene rings is 2. The molecule has 2 rings (SSSR count). The van der Waals surface area contributed by atoms with Crippen molar-refractivity contribution in [2.24, 2.45) is 0 Å². The molecule has 0 saturated carbocycles. The maximum Gasteiger partial charge on any atom is 0.122 e. The number of halogens is 1. The first-order valence-electron chi connectivity index (χ1n) is 6.83. The Morgan fingerprint density at radius 3 is 2.10 bits per heavy atom. The second kappa shape index (κ2) is 7.34. The van der Waals surface area contributed by atoms with Crippen molar-refractivity contribution in [2.75, 3.05) is 14.2 Å². The smallest absolute Gasteiger partial charge is 0.122 e. The zero-order valence-electron chi connectivity index (χ0n) is 12.5. The van der Waals surface area contributed by atoms with Gasteiger partial charge in [0.1, 0.15) is 11.5 Å². The Kier molecular flexibility index (Phi) is 5.48. The Hall–Kier alpha value is -1.71. The lowest BCUT2D eigenvalue weighted by molar-refractivity contribution is 0.392. The third kappa shape index (κ3) is 4.38. The summed E-state index contributed by atoms with van der Waals surface area (Å²) in [5.41, 5.74) is 2.32. The fourth-order valence-corrected chi connectivity index (χ4v) is 2.23. The van der Waals surface area contributed by atoms with Crippen molar-refractivity contribution in [1.82, 2.24) is 5.32 Å². The van der Waals surface area contributed by atoms with Crippen LogP contribution in [-0.2, 0) is 6.54 Å². The molecule has 3 nitrogen and oxygen atoms in total. The van der Waals surface area contributed by atoms with Gasteiger partial charge >= 0.3 is 0 Å². The summed E-state index contributed by atoms with van der Waals surface area (Å²) in [4.78, 5) is 0. The fraction of sp³-hybridized carbons (Fsp3) is 0.294. The number of rotatable bonds is 6. The van der Waals surface area contributed by atoms with Crippen LogP contribution in [0.1, 0.15) is 24.1 Å². The average molecular weight is 306 g/mol. The summed E-state index contributed by atoms with van der Waals surface area (Å²) in [5.74, 6) is 1.59. The number of hydrogen-bond acceptors (Lipinski definition) is 3. The molecule has 0 amide bonds. The molecule has 1 unspecified atom stereocenters. The van der Waals surface area contributed by atoms with E-state index < -0.39 is 0 Å². The van der Waals surface area contributed by atoms with Crippen LogP contribution in [-0.4, -0.2) is 14.2 Å². The summed E-state index contributed by atoms with van der Waals surface area (Å²) in [6.45, 7) is 2.86. The molecule has 0 bridgehead atoms. The molecule has 21 heavy (non-hydrogen) atoms. The van der Waals surface area contributed by atoms with Gasteiger partial charge in [0.25, 0.3) is 0 Å². The summed E-state index contributed by atoms with van der Waals surface area (Å²) in [5, 5.41) is 4.24. The minimum Gasteiger partial charge on any atom is -0.497 e. The van der Waals surface area contributed by atoms with Crippen molar-refractivity contribution < 1.29 is 9.47 Å². The van der Waals surface area contributed by atoms with Gasteiger partial charge in [-0.15, -0.1) is 0 Å². The quantitative estimate of drug-likeness (QED) is 0.867. The second-order valence-electron chi connectivity index (χ2n) is 4.88. The Bertz CT molecular complexity index is 562. The molecular weight excluding hydrogens is 286 g/mol. The summed E-state index contributed by atoms with van der Waals surface area (Å²) in [6.07, 6.45) is 0. The Morgan fingerprint density at radius 1 is 1.00 bits per heavy atom. The van der Waals surface area contributed by atoms with Crippen LogP contribution in [0.3, 0.4) is 0 Å². The van der Waals surface area contributed by atoms with Crippen LogP contribution in [0.4, 0.5) is 0 Å². The van der Waals surface area contributed by atoms with Crippen LogP contribution in [0, 0.1) is 0 Å². The maximum atomic E-state index is 5.91. The van der Waals surface area contributed by atoms with Gasteiger partial charge < -0.3 is 14.8 Å². The van der Waals surface area contributed by atoms with Crippen molar-refractivity contribution in [3.8, 4) is 11.5 Å². The predicted octanol–water partition coefficient (Wildman–Crippen LogP) is 4.21. The first-order chi connectivity index (χ1) is 10.1. The van der Waals surface area contributed by atoms with Crippen LogP contribution in [0.5, 0.6) is 11.5 Å². The van der Waals surface area contributed by atoms with Crippen molar-refractivity contribution in [3.05, 3.63) is 58.6 Å². The van der Waals surface area contributed by atoms with Crippen LogP contribution in [0.15, 0.2) is 42.5 Å². The molecule has 0 radical (unpaired) electrons. The van der Waals surface area contributed by atoms with Gasteiger partial charge in [-0.25, -0.2) is 0 Å². The molecule has 112 valence electrons. The normalized spacial score (nSPS) is 12.0. The van der Waals surface area contributed by atoms with E-state index in [0.29, 0.717) is 0 Å². The fourth-order valence-electron chi connectivity index (χ4n) is 2.11. The second-order valence-corrected chi connectivity index (χ2v) is 5.31. The molecule has 0 aromatic heterocycles. The molecule has 2 aromatic rings. The Balaban J connectivity index is 2.03. The van der Waals surface area contributed by atoms with Gasteiger partial charge in [0.2, 0.25) is 0 Å². The summed E-state index contributed by atoms with van der Waals surface area (Å²) in [7, 11) is 3.31. The largest absolute Gasteiger partial charge is 0.497 e. The van der Waals surface area contributed by atoms with Crippen molar-refractivity contribution >= 4 is 11.6 Å². The molecule has 1 atom stereocenters. The number of ether oxygens (including phenoxy) is 2. The van der Waals surface area contributed by atoms with E-state index in [-0.39, 0.29) is 6.04 Å². The topological polar surface area (TPSA) is 30.5 Å². The van der Waals surface area contributed by atoms with Gasteiger partial charge in [0.15, 0.2) is 0 Å². The molecular formula is C17H20ClNO2. The lowest BCUT2D eigenvalue weighted by Crippen LogP contribution is -2.18. The zero-order chi connectivity index (χ0) is 15.2. The number of methoxy groups -OCH3 is 2. The van der Waals surface area contributed by atoms with Crippen molar-refractivity contribution in [2.45, 2.75) is 19.5 Å². The third-order valence-corrected chi connectivity index (χ3v) is 3.65. The van der Waals surface area contributed by atoms with E-state index in [1.54, 1.807) is 14.2 Å². The molecule has 4 heteroatoms. The lowest BCUT2D eigenvalue weighted by atomic mass is 10.1.